The lowest BCUT2D eigenvalue weighted by Gasteiger charge is -2.22. The van der Waals surface area contributed by atoms with Crippen LogP contribution in [0.15, 0.2) is 18.2 Å². The van der Waals surface area contributed by atoms with Gasteiger partial charge in [0, 0.05) is 31.5 Å². The van der Waals surface area contributed by atoms with Crippen LogP contribution < -0.4 is 10.6 Å². The van der Waals surface area contributed by atoms with Gasteiger partial charge in [0.1, 0.15) is 5.84 Å². The summed E-state index contributed by atoms with van der Waals surface area (Å²) in [5.41, 5.74) is 8.56. The van der Waals surface area contributed by atoms with Gasteiger partial charge in [-0.1, -0.05) is 11.6 Å². The molecule has 1 aromatic carbocycles. The molecule has 1 aliphatic rings. The molecule has 1 fully saturated rings. The van der Waals surface area contributed by atoms with Gasteiger partial charge in [-0.25, -0.2) is 0 Å². The lowest BCUT2D eigenvalue weighted by atomic mass is 10.1. The molecule has 0 amide bonds. The normalized spacial score (nSPS) is 14.4. The molecule has 1 aromatic rings. The van der Waals surface area contributed by atoms with Crippen LogP contribution in [0.3, 0.4) is 0 Å². The monoisotopic (exact) mass is 261 g/mol. The number of rotatable bonds is 7. The fourth-order valence-electron chi connectivity index (χ4n) is 2.05. The summed E-state index contributed by atoms with van der Waals surface area (Å²) < 4.78 is 5.65. The van der Waals surface area contributed by atoms with Crippen LogP contribution in [0.5, 0.6) is 0 Å². The second-order valence-corrected chi connectivity index (χ2v) is 5.37. The summed E-state index contributed by atoms with van der Waals surface area (Å²) in [7, 11) is 2.01. The molecular weight excluding hydrogens is 238 g/mol. The number of nitrogens with zero attached hydrogens (tertiary/aromatic N) is 1. The van der Waals surface area contributed by atoms with Crippen molar-refractivity contribution in [3.63, 3.8) is 0 Å². The highest BCUT2D eigenvalue weighted by molar-refractivity contribution is 6.00. The van der Waals surface area contributed by atoms with E-state index in [4.69, 9.17) is 15.9 Å². The SMILES string of the molecule is Cc1ccc(N(C)CCOCC2CC2)c(C(=N)N)c1. The van der Waals surface area contributed by atoms with Gasteiger partial charge in [0.25, 0.3) is 0 Å². The zero-order valence-corrected chi connectivity index (χ0v) is 11.8. The molecule has 0 radical (unpaired) electrons. The van der Waals surface area contributed by atoms with Crippen molar-refractivity contribution in [1.82, 2.24) is 0 Å². The minimum Gasteiger partial charge on any atom is -0.384 e. The van der Waals surface area contributed by atoms with Crippen LogP contribution in [0.25, 0.3) is 0 Å². The number of anilines is 1. The van der Waals surface area contributed by atoms with Crippen molar-refractivity contribution < 1.29 is 4.74 Å². The first-order valence-corrected chi connectivity index (χ1v) is 6.82. The molecule has 0 heterocycles. The van der Waals surface area contributed by atoms with Crippen molar-refractivity contribution in [2.24, 2.45) is 11.7 Å². The number of likely N-dealkylation sites (N-methyl/N-ethyl adjacent to an activating group) is 1. The van der Waals surface area contributed by atoms with E-state index in [-0.39, 0.29) is 5.84 Å². The van der Waals surface area contributed by atoms with Gasteiger partial charge < -0.3 is 15.4 Å². The quantitative estimate of drug-likeness (QED) is 0.449. The van der Waals surface area contributed by atoms with E-state index in [1.54, 1.807) is 0 Å². The molecule has 4 heteroatoms. The van der Waals surface area contributed by atoms with Gasteiger partial charge in [-0.05, 0) is 37.8 Å². The molecule has 104 valence electrons. The second-order valence-electron chi connectivity index (χ2n) is 5.37. The standard InChI is InChI=1S/C15H23N3O/c1-11-3-6-14(13(9-11)15(16)17)18(2)7-8-19-10-12-4-5-12/h3,6,9,12H,4-5,7-8,10H2,1-2H3,(H3,16,17). The Morgan fingerprint density at radius 3 is 2.84 bits per heavy atom. The van der Waals surface area contributed by atoms with Crippen LogP contribution in [0, 0.1) is 18.3 Å². The minimum atomic E-state index is 0.115. The Balaban J connectivity index is 1.92. The third kappa shape index (κ3) is 3.96. The Kier molecular flexibility index (Phi) is 4.43. The molecule has 0 unspecified atom stereocenters. The molecule has 0 aliphatic heterocycles. The number of nitrogens with one attached hydrogen (secondary N) is 1. The molecule has 2 rings (SSSR count). The molecule has 0 atom stereocenters. The highest BCUT2D eigenvalue weighted by atomic mass is 16.5. The topological polar surface area (TPSA) is 62.3 Å². The second kappa shape index (κ2) is 6.06. The maximum absolute atomic E-state index is 7.66. The van der Waals surface area contributed by atoms with Gasteiger partial charge in [-0.2, -0.15) is 0 Å². The zero-order chi connectivity index (χ0) is 13.8. The molecule has 0 bridgehead atoms. The zero-order valence-electron chi connectivity index (χ0n) is 11.8. The first-order valence-electron chi connectivity index (χ1n) is 6.82. The van der Waals surface area contributed by atoms with Crippen LogP contribution in [-0.2, 0) is 4.74 Å². The van der Waals surface area contributed by atoms with E-state index in [1.807, 2.05) is 32.2 Å². The van der Waals surface area contributed by atoms with E-state index in [0.29, 0.717) is 0 Å². The van der Waals surface area contributed by atoms with Crippen LogP contribution in [0.4, 0.5) is 5.69 Å². The molecular formula is C15H23N3O. The van der Waals surface area contributed by atoms with E-state index in [1.165, 1.54) is 12.8 Å². The Labute approximate surface area is 115 Å². The highest BCUT2D eigenvalue weighted by Crippen LogP contribution is 2.28. The van der Waals surface area contributed by atoms with Gasteiger partial charge in [-0.3, -0.25) is 5.41 Å². The van der Waals surface area contributed by atoms with Crippen molar-refractivity contribution >= 4 is 11.5 Å². The fourth-order valence-corrected chi connectivity index (χ4v) is 2.05. The molecule has 3 N–H and O–H groups in total. The predicted octanol–water partition coefficient (Wildman–Crippen LogP) is 2.14. The van der Waals surface area contributed by atoms with E-state index < -0.39 is 0 Å². The predicted molar refractivity (Wildman–Crippen MR) is 79.0 cm³/mol. The number of nitrogen functional groups attached to an aromatic ring is 1. The lowest BCUT2D eigenvalue weighted by molar-refractivity contribution is 0.131. The van der Waals surface area contributed by atoms with Crippen molar-refractivity contribution in [1.29, 1.82) is 5.41 Å². The van der Waals surface area contributed by atoms with Gasteiger partial charge in [0.2, 0.25) is 0 Å². The first kappa shape index (κ1) is 13.9. The number of nitrogens with two attached hydrogens (primary N) is 1. The average molecular weight is 261 g/mol. The van der Waals surface area contributed by atoms with E-state index in [2.05, 4.69) is 4.90 Å². The van der Waals surface area contributed by atoms with E-state index >= 15 is 0 Å². The van der Waals surface area contributed by atoms with Gasteiger partial charge in [-0.15, -0.1) is 0 Å². The number of hydrogen-bond donors (Lipinski definition) is 2. The largest absolute Gasteiger partial charge is 0.384 e. The molecule has 19 heavy (non-hydrogen) atoms. The molecule has 0 aromatic heterocycles. The number of ether oxygens (including phenoxy) is 1. The molecule has 4 nitrogen and oxygen atoms in total. The summed E-state index contributed by atoms with van der Waals surface area (Å²) in [5.74, 6) is 0.918. The number of hydrogen-bond acceptors (Lipinski definition) is 3. The Morgan fingerprint density at radius 1 is 1.47 bits per heavy atom. The van der Waals surface area contributed by atoms with Crippen molar-refractivity contribution in [3.8, 4) is 0 Å². The molecule has 0 spiro atoms. The Morgan fingerprint density at radius 2 is 2.21 bits per heavy atom. The Hall–Kier alpha value is -1.55. The molecule has 0 saturated heterocycles. The smallest absolute Gasteiger partial charge is 0.124 e. The number of aryl methyl sites for hydroxylation is 1. The summed E-state index contributed by atoms with van der Waals surface area (Å²) in [4.78, 5) is 2.10. The first-order chi connectivity index (χ1) is 9.08. The van der Waals surface area contributed by atoms with Gasteiger partial charge in [0.15, 0.2) is 0 Å². The maximum Gasteiger partial charge on any atom is 0.124 e. The molecule has 1 saturated carbocycles. The fraction of sp³-hybridized carbons (Fsp3) is 0.533. The third-order valence-electron chi connectivity index (χ3n) is 3.47. The highest BCUT2D eigenvalue weighted by Gasteiger charge is 2.21. The van der Waals surface area contributed by atoms with Gasteiger partial charge >= 0.3 is 0 Å². The van der Waals surface area contributed by atoms with Crippen molar-refractivity contribution in [2.45, 2.75) is 19.8 Å². The van der Waals surface area contributed by atoms with Crippen LogP contribution >= 0.6 is 0 Å². The summed E-state index contributed by atoms with van der Waals surface area (Å²) in [6, 6.07) is 6.02. The summed E-state index contributed by atoms with van der Waals surface area (Å²) in [5, 5.41) is 7.66. The summed E-state index contributed by atoms with van der Waals surface area (Å²) in [6.07, 6.45) is 2.64. The Bertz CT molecular complexity index is 455. The van der Waals surface area contributed by atoms with Crippen LogP contribution in [-0.4, -0.2) is 32.6 Å². The van der Waals surface area contributed by atoms with Crippen molar-refractivity contribution in [2.75, 3.05) is 31.7 Å². The van der Waals surface area contributed by atoms with E-state index in [9.17, 15) is 0 Å². The molecule has 1 aliphatic carbocycles. The van der Waals surface area contributed by atoms with Crippen LogP contribution in [0.2, 0.25) is 0 Å². The maximum atomic E-state index is 7.66. The summed E-state index contributed by atoms with van der Waals surface area (Å²) in [6.45, 7) is 4.44. The van der Waals surface area contributed by atoms with Crippen molar-refractivity contribution in [3.05, 3.63) is 29.3 Å². The van der Waals surface area contributed by atoms with E-state index in [0.717, 1.165) is 42.5 Å². The number of amidine groups is 1. The third-order valence-corrected chi connectivity index (χ3v) is 3.47. The minimum absolute atomic E-state index is 0.115. The lowest BCUT2D eigenvalue weighted by Crippen LogP contribution is -2.26. The average Bonchev–Trinajstić information content (AvgIpc) is 3.18. The summed E-state index contributed by atoms with van der Waals surface area (Å²) >= 11 is 0. The van der Waals surface area contributed by atoms with Crippen LogP contribution in [0.1, 0.15) is 24.0 Å². The van der Waals surface area contributed by atoms with Gasteiger partial charge in [0.05, 0.1) is 6.61 Å². The number of benzene rings is 1.